The van der Waals surface area contributed by atoms with E-state index in [1.807, 2.05) is 20.8 Å². The molecule has 0 N–H and O–H groups in total. The van der Waals surface area contributed by atoms with Crippen LogP contribution < -0.4 is 0 Å². The molecule has 2 nitrogen and oxygen atoms in total. The predicted molar refractivity (Wildman–Crippen MR) is 43.4 cm³/mol. The van der Waals surface area contributed by atoms with Gasteiger partial charge in [0.25, 0.3) is 0 Å². The number of rotatable bonds is 1. The Labute approximate surface area is 64.4 Å². The summed E-state index contributed by atoms with van der Waals surface area (Å²) in [7, 11) is 6.37. The van der Waals surface area contributed by atoms with Gasteiger partial charge in [0.2, 0.25) is 0 Å². The molecule has 58 valence electrons. The highest BCUT2D eigenvalue weighted by molar-refractivity contribution is 6.15. The lowest BCUT2D eigenvalue weighted by Crippen LogP contribution is -2.15. The Hall–Kier alpha value is -0.305. The number of carbonyl (C=O) groups is 1. The molecule has 0 aromatic heterocycles. The average Bonchev–Trinajstić information content (AvgIpc) is 1.87. The quantitative estimate of drug-likeness (QED) is 0.406. The van der Waals surface area contributed by atoms with Crippen molar-refractivity contribution in [1.29, 1.82) is 0 Å². The molecule has 2 radical (unpaired) electrons. The van der Waals surface area contributed by atoms with Crippen LogP contribution in [0.4, 0.5) is 0 Å². The lowest BCUT2D eigenvalue weighted by Gasteiger charge is -2.14. The van der Waals surface area contributed by atoms with E-state index in [-0.39, 0.29) is 11.9 Å². The van der Waals surface area contributed by atoms with Crippen molar-refractivity contribution in [2.24, 2.45) is 0 Å². The Morgan fingerprint density at radius 1 is 1.50 bits per heavy atom. The van der Waals surface area contributed by atoms with Gasteiger partial charge in [-0.1, -0.05) is 0 Å². The van der Waals surface area contributed by atoms with E-state index in [9.17, 15) is 0 Å². The maximum Gasteiger partial charge on any atom is 0.111 e. The van der Waals surface area contributed by atoms with Gasteiger partial charge >= 0.3 is 0 Å². The fourth-order valence-electron chi connectivity index (χ4n) is 0. The molecular formula is C7H15BO2. The molecule has 0 aromatic carbocycles. The lowest BCUT2D eigenvalue weighted by molar-refractivity contribution is -0.106. The van der Waals surface area contributed by atoms with Gasteiger partial charge in [0.15, 0.2) is 0 Å². The van der Waals surface area contributed by atoms with Crippen molar-refractivity contribution in [3.63, 3.8) is 0 Å². The summed E-state index contributed by atoms with van der Waals surface area (Å²) < 4.78 is 4.94. The number of ether oxygens (including phenoxy) is 1. The molecule has 10 heavy (non-hydrogen) atoms. The van der Waals surface area contributed by atoms with Crippen molar-refractivity contribution in [1.82, 2.24) is 0 Å². The van der Waals surface area contributed by atoms with E-state index in [0.717, 1.165) is 0 Å². The second-order valence-corrected chi connectivity index (χ2v) is 2.72. The highest BCUT2D eigenvalue weighted by atomic mass is 16.5. The number of carbonyl (C=O) groups excluding carboxylic acids is 1. The molecular weight excluding hydrogens is 127 g/mol. The Morgan fingerprint density at radius 2 is 1.70 bits per heavy atom. The van der Waals surface area contributed by atoms with Crippen LogP contribution in [-0.4, -0.2) is 26.8 Å². The third-order valence-electron chi connectivity index (χ3n) is 0.709. The number of aldehydes is 1. The second kappa shape index (κ2) is 6.81. The fourth-order valence-corrected chi connectivity index (χ4v) is 0. The molecule has 0 aliphatic heterocycles. The standard InChI is InChI=1S/C5H12O.C2H3BO/c1-5(2,3)6-4;3-1-2-4/h1-4H3;2H,1H2. The summed E-state index contributed by atoms with van der Waals surface area (Å²) in [6.45, 7) is 6.06. The van der Waals surface area contributed by atoms with Crippen LogP contribution in [0.2, 0.25) is 6.32 Å². The van der Waals surface area contributed by atoms with Gasteiger partial charge in [-0.05, 0) is 27.1 Å². The summed E-state index contributed by atoms with van der Waals surface area (Å²) in [5.74, 6) is 0. The third-order valence-corrected chi connectivity index (χ3v) is 0.709. The normalized spacial score (nSPS) is 9.60. The van der Waals surface area contributed by atoms with Crippen LogP contribution in [-0.2, 0) is 9.53 Å². The summed E-state index contributed by atoms with van der Waals surface area (Å²) in [4.78, 5) is 9.05. The first kappa shape index (κ1) is 12.4. The van der Waals surface area contributed by atoms with Crippen LogP contribution in [0.15, 0.2) is 0 Å². The fraction of sp³-hybridized carbons (Fsp3) is 0.857. The average molecular weight is 142 g/mol. The van der Waals surface area contributed by atoms with Gasteiger partial charge in [-0.2, -0.15) is 0 Å². The number of methoxy groups -OCH3 is 1. The van der Waals surface area contributed by atoms with Crippen LogP contribution in [0, 0.1) is 0 Å². The maximum absolute atomic E-state index is 9.05. The van der Waals surface area contributed by atoms with Gasteiger partial charge < -0.3 is 9.53 Å². The van der Waals surface area contributed by atoms with Crippen LogP contribution in [0.5, 0.6) is 0 Å². The van der Waals surface area contributed by atoms with E-state index in [1.165, 1.54) is 0 Å². The Morgan fingerprint density at radius 3 is 1.70 bits per heavy atom. The predicted octanol–water partition coefficient (Wildman–Crippen LogP) is 1.20. The van der Waals surface area contributed by atoms with E-state index in [1.54, 1.807) is 7.11 Å². The van der Waals surface area contributed by atoms with Crippen molar-refractivity contribution >= 4 is 14.1 Å². The third kappa shape index (κ3) is 25.3. The highest BCUT2D eigenvalue weighted by Crippen LogP contribution is 2.02. The molecule has 0 spiro atoms. The molecule has 0 bridgehead atoms. The number of hydrogen-bond acceptors (Lipinski definition) is 2. The smallest absolute Gasteiger partial charge is 0.111 e. The van der Waals surface area contributed by atoms with E-state index in [4.69, 9.17) is 9.53 Å². The van der Waals surface area contributed by atoms with Gasteiger partial charge in [-0.15, -0.1) is 0 Å². The molecule has 0 aliphatic rings. The Bertz CT molecular complexity index is 76.2. The second-order valence-electron chi connectivity index (χ2n) is 2.72. The molecule has 3 heteroatoms. The van der Waals surface area contributed by atoms with E-state index in [0.29, 0.717) is 6.29 Å². The molecule has 0 aromatic rings. The molecule has 0 unspecified atom stereocenters. The zero-order valence-corrected chi connectivity index (χ0v) is 7.18. The topological polar surface area (TPSA) is 26.3 Å². The van der Waals surface area contributed by atoms with Gasteiger partial charge in [0, 0.05) is 7.11 Å². The van der Waals surface area contributed by atoms with E-state index >= 15 is 0 Å². The molecule has 0 aliphatic carbocycles. The molecule has 0 heterocycles. The minimum atomic E-state index is 0.0417. The summed E-state index contributed by atoms with van der Waals surface area (Å²) in [6, 6.07) is 0. The van der Waals surface area contributed by atoms with Crippen molar-refractivity contribution in [2.45, 2.75) is 32.7 Å². The molecule has 0 atom stereocenters. The number of hydrogen-bond donors (Lipinski definition) is 0. The Balaban J connectivity index is 0. The summed E-state index contributed by atoms with van der Waals surface area (Å²) >= 11 is 0. The van der Waals surface area contributed by atoms with Crippen molar-refractivity contribution < 1.29 is 9.53 Å². The van der Waals surface area contributed by atoms with Gasteiger partial charge in [0.05, 0.1) is 13.4 Å². The first-order valence-corrected chi connectivity index (χ1v) is 3.16. The van der Waals surface area contributed by atoms with Gasteiger partial charge in [-0.25, -0.2) is 0 Å². The monoisotopic (exact) mass is 142 g/mol. The molecule has 0 fully saturated rings. The van der Waals surface area contributed by atoms with Crippen molar-refractivity contribution in [2.75, 3.05) is 7.11 Å². The highest BCUT2D eigenvalue weighted by Gasteiger charge is 2.03. The zero-order valence-electron chi connectivity index (χ0n) is 7.18. The first-order valence-electron chi connectivity index (χ1n) is 3.16. The molecule has 0 saturated carbocycles. The lowest BCUT2D eigenvalue weighted by atomic mass is 10.1. The minimum absolute atomic E-state index is 0.0417. The van der Waals surface area contributed by atoms with Crippen LogP contribution in [0.25, 0.3) is 0 Å². The van der Waals surface area contributed by atoms with Crippen LogP contribution >= 0.6 is 0 Å². The van der Waals surface area contributed by atoms with Crippen LogP contribution in [0.1, 0.15) is 20.8 Å². The molecule has 0 rings (SSSR count). The van der Waals surface area contributed by atoms with Crippen LogP contribution in [0.3, 0.4) is 0 Å². The van der Waals surface area contributed by atoms with Crippen molar-refractivity contribution in [3.05, 3.63) is 0 Å². The van der Waals surface area contributed by atoms with E-state index < -0.39 is 0 Å². The van der Waals surface area contributed by atoms with Gasteiger partial charge in [0.1, 0.15) is 6.29 Å². The summed E-state index contributed by atoms with van der Waals surface area (Å²) in [5.41, 5.74) is 0.0417. The molecule has 0 amide bonds. The van der Waals surface area contributed by atoms with Crippen molar-refractivity contribution in [3.8, 4) is 0 Å². The largest absolute Gasteiger partial charge is 0.379 e. The zero-order chi connectivity index (χ0) is 8.62. The van der Waals surface area contributed by atoms with Gasteiger partial charge in [-0.3, -0.25) is 0 Å². The summed E-state index contributed by atoms with van der Waals surface area (Å²) in [6.07, 6.45) is 0.792. The van der Waals surface area contributed by atoms with E-state index in [2.05, 4.69) is 7.85 Å². The SMILES string of the molecule is COC(C)(C)C.[B]CC=O. The Kier molecular flexibility index (Phi) is 8.43. The molecule has 0 saturated heterocycles. The minimum Gasteiger partial charge on any atom is -0.379 e. The maximum atomic E-state index is 9.05. The summed E-state index contributed by atoms with van der Waals surface area (Å²) in [5, 5.41) is 0. The first-order chi connectivity index (χ1) is 4.47.